The van der Waals surface area contributed by atoms with Gasteiger partial charge in [0.05, 0.1) is 11.4 Å². The van der Waals surface area contributed by atoms with E-state index in [2.05, 4.69) is 77.9 Å². The molecule has 0 aromatic heterocycles. The first-order chi connectivity index (χ1) is 11.2. The first kappa shape index (κ1) is 16.6. The Hall–Kier alpha value is -2.22. The highest BCUT2D eigenvalue weighted by Crippen LogP contribution is 2.50. The summed E-state index contributed by atoms with van der Waals surface area (Å²) in [7, 11) is 0. The number of aryl methyl sites for hydroxylation is 2. The lowest BCUT2D eigenvalue weighted by atomic mass is 9.52. The topological polar surface area (TPSA) is 24.7 Å². The largest absolute Gasteiger partial charge is 0.256 e. The molecule has 0 radical (unpaired) electrons. The van der Waals surface area contributed by atoms with Crippen LogP contribution in [0.25, 0.3) is 0 Å². The number of aliphatic imine (C=N–C) groups is 2. The van der Waals surface area contributed by atoms with Gasteiger partial charge in [-0.15, -0.1) is 0 Å². The standard InChI is InChI=1S/C22H26N2/c1-15-11-7-9-13-17(15)23-19-21(3,4)20(22(19,5)6)24-18-14-10-8-12-16(18)2/h7-14H,1-6H3. The minimum Gasteiger partial charge on any atom is -0.256 e. The third-order valence-electron chi connectivity index (χ3n) is 5.06. The molecule has 1 aliphatic carbocycles. The molecule has 124 valence electrons. The average Bonchev–Trinajstić information content (AvgIpc) is 2.52. The third-order valence-corrected chi connectivity index (χ3v) is 5.06. The van der Waals surface area contributed by atoms with Crippen LogP contribution in [0, 0.1) is 24.7 Å². The Morgan fingerprint density at radius 2 is 0.917 bits per heavy atom. The number of hydrogen-bond donors (Lipinski definition) is 0. The van der Waals surface area contributed by atoms with Crippen LogP contribution in [0.4, 0.5) is 11.4 Å². The highest BCUT2D eigenvalue weighted by Gasteiger charge is 2.56. The van der Waals surface area contributed by atoms with Gasteiger partial charge in [-0.2, -0.15) is 0 Å². The molecule has 0 bridgehead atoms. The summed E-state index contributed by atoms with van der Waals surface area (Å²) in [6, 6.07) is 16.6. The lowest BCUT2D eigenvalue weighted by Gasteiger charge is -2.52. The lowest BCUT2D eigenvalue weighted by Crippen LogP contribution is -2.61. The van der Waals surface area contributed by atoms with Crippen LogP contribution in [0.15, 0.2) is 58.5 Å². The van der Waals surface area contributed by atoms with Crippen LogP contribution >= 0.6 is 0 Å². The SMILES string of the molecule is Cc1ccccc1N=C1C(C)(C)C(=Nc2ccccc2C)C1(C)C. The fourth-order valence-electron chi connectivity index (χ4n) is 3.90. The van der Waals surface area contributed by atoms with Crippen molar-refractivity contribution in [1.82, 2.24) is 0 Å². The second-order valence-corrected chi connectivity index (χ2v) is 7.74. The quantitative estimate of drug-likeness (QED) is 0.628. The van der Waals surface area contributed by atoms with E-state index in [1.807, 2.05) is 12.1 Å². The number of hydrogen-bond acceptors (Lipinski definition) is 2. The first-order valence-corrected chi connectivity index (χ1v) is 8.55. The monoisotopic (exact) mass is 318 g/mol. The van der Waals surface area contributed by atoms with E-state index in [-0.39, 0.29) is 10.8 Å². The molecule has 24 heavy (non-hydrogen) atoms. The molecule has 2 nitrogen and oxygen atoms in total. The molecule has 0 saturated heterocycles. The second-order valence-electron chi connectivity index (χ2n) is 7.74. The smallest absolute Gasteiger partial charge is 0.0658 e. The molecule has 0 atom stereocenters. The summed E-state index contributed by atoms with van der Waals surface area (Å²) in [6.07, 6.45) is 0. The molecule has 0 aliphatic heterocycles. The lowest BCUT2D eigenvalue weighted by molar-refractivity contribution is 0.491. The summed E-state index contributed by atoms with van der Waals surface area (Å²) >= 11 is 0. The summed E-state index contributed by atoms with van der Waals surface area (Å²) in [5.41, 5.74) is 6.71. The van der Waals surface area contributed by atoms with Gasteiger partial charge in [0, 0.05) is 22.3 Å². The zero-order valence-electron chi connectivity index (χ0n) is 15.5. The van der Waals surface area contributed by atoms with Crippen molar-refractivity contribution >= 4 is 22.8 Å². The molecule has 0 unspecified atom stereocenters. The van der Waals surface area contributed by atoms with E-state index in [1.165, 1.54) is 22.6 Å². The van der Waals surface area contributed by atoms with Crippen molar-refractivity contribution in [2.24, 2.45) is 20.8 Å². The van der Waals surface area contributed by atoms with E-state index < -0.39 is 0 Å². The zero-order valence-corrected chi connectivity index (χ0v) is 15.5. The Bertz CT molecular complexity index is 751. The fourth-order valence-corrected chi connectivity index (χ4v) is 3.90. The van der Waals surface area contributed by atoms with E-state index in [9.17, 15) is 0 Å². The van der Waals surface area contributed by atoms with Crippen LogP contribution < -0.4 is 0 Å². The van der Waals surface area contributed by atoms with E-state index in [1.54, 1.807) is 0 Å². The zero-order chi connectivity index (χ0) is 17.5. The van der Waals surface area contributed by atoms with Gasteiger partial charge in [-0.3, -0.25) is 9.98 Å². The minimum absolute atomic E-state index is 0.117. The van der Waals surface area contributed by atoms with Crippen LogP contribution in [0.1, 0.15) is 38.8 Å². The van der Waals surface area contributed by atoms with Crippen molar-refractivity contribution in [2.75, 3.05) is 0 Å². The van der Waals surface area contributed by atoms with E-state index in [4.69, 9.17) is 9.98 Å². The van der Waals surface area contributed by atoms with Crippen LogP contribution in [0.5, 0.6) is 0 Å². The summed E-state index contributed by atoms with van der Waals surface area (Å²) < 4.78 is 0. The first-order valence-electron chi connectivity index (χ1n) is 8.55. The van der Waals surface area contributed by atoms with Gasteiger partial charge in [0.15, 0.2) is 0 Å². The van der Waals surface area contributed by atoms with Gasteiger partial charge in [0.2, 0.25) is 0 Å². The molecular weight excluding hydrogens is 292 g/mol. The van der Waals surface area contributed by atoms with Crippen LogP contribution in [-0.2, 0) is 0 Å². The normalized spacial score (nSPS) is 18.1. The molecular formula is C22H26N2. The van der Waals surface area contributed by atoms with Crippen molar-refractivity contribution in [1.29, 1.82) is 0 Å². The number of rotatable bonds is 2. The molecule has 1 aliphatic rings. The highest BCUT2D eigenvalue weighted by molar-refractivity contribution is 6.34. The van der Waals surface area contributed by atoms with Crippen LogP contribution in [0.3, 0.4) is 0 Å². The van der Waals surface area contributed by atoms with Crippen molar-refractivity contribution in [3.63, 3.8) is 0 Å². The van der Waals surface area contributed by atoms with Gasteiger partial charge in [0.1, 0.15) is 0 Å². The molecule has 0 N–H and O–H groups in total. The Kier molecular flexibility index (Phi) is 3.95. The summed E-state index contributed by atoms with van der Waals surface area (Å²) in [5, 5.41) is 0. The van der Waals surface area contributed by atoms with Crippen LogP contribution in [-0.4, -0.2) is 11.4 Å². The van der Waals surface area contributed by atoms with Gasteiger partial charge in [-0.25, -0.2) is 0 Å². The Morgan fingerprint density at radius 1 is 0.583 bits per heavy atom. The maximum atomic E-state index is 5.02. The van der Waals surface area contributed by atoms with Crippen molar-refractivity contribution in [3.05, 3.63) is 59.7 Å². The number of nitrogens with zero attached hydrogens (tertiary/aromatic N) is 2. The van der Waals surface area contributed by atoms with Gasteiger partial charge in [-0.05, 0) is 64.8 Å². The molecule has 0 amide bonds. The van der Waals surface area contributed by atoms with Crippen molar-refractivity contribution in [2.45, 2.75) is 41.5 Å². The summed E-state index contributed by atoms with van der Waals surface area (Å²) in [4.78, 5) is 10.0. The van der Waals surface area contributed by atoms with Gasteiger partial charge in [-0.1, -0.05) is 36.4 Å². The molecule has 1 saturated carbocycles. The fraction of sp³-hybridized carbons (Fsp3) is 0.364. The van der Waals surface area contributed by atoms with Crippen molar-refractivity contribution < 1.29 is 0 Å². The van der Waals surface area contributed by atoms with E-state index in [0.717, 1.165) is 11.4 Å². The van der Waals surface area contributed by atoms with E-state index >= 15 is 0 Å². The van der Waals surface area contributed by atoms with E-state index in [0.29, 0.717) is 0 Å². The third kappa shape index (κ3) is 2.60. The van der Waals surface area contributed by atoms with Gasteiger partial charge < -0.3 is 0 Å². The summed E-state index contributed by atoms with van der Waals surface area (Å²) in [5.74, 6) is 0. The summed E-state index contributed by atoms with van der Waals surface area (Å²) in [6.45, 7) is 13.1. The molecule has 3 rings (SSSR count). The van der Waals surface area contributed by atoms with Gasteiger partial charge in [0.25, 0.3) is 0 Å². The predicted molar refractivity (Wildman–Crippen MR) is 104 cm³/mol. The molecule has 0 heterocycles. The molecule has 2 heteroatoms. The molecule has 2 aromatic carbocycles. The number of benzene rings is 2. The molecule has 1 fully saturated rings. The number of para-hydroxylation sites is 2. The Labute approximate surface area is 145 Å². The average molecular weight is 318 g/mol. The van der Waals surface area contributed by atoms with Gasteiger partial charge >= 0.3 is 0 Å². The van der Waals surface area contributed by atoms with Crippen LogP contribution in [0.2, 0.25) is 0 Å². The maximum absolute atomic E-state index is 5.02. The maximum Gasteiger partial charge on any atom is 0.0658 e. The molecule has 0 spiro atoms. The highest BCUT2D eigenvalue weighted by atomic mass is 14.9. The Morgan fingerprint density at radius 3 is 1.25 bits per heavy atom. The minimum atomic E-state index is -0.117. The van der Waals surface area contributed by atoms with Crippen molar-refractivity contribution in [3.8, 4) is 0 Å². The second kappa shape index (κ2) is 5.70. The molecule has 2 aromatic rings. The predicted octanol–water partition coefficient (Wildman–Crippen LogP) is 6.21. The Balaban J connectivity index is 2.06.